The van der Waals surface area contributed by atoms with Crippen LogP contribution >= 0.6 is 0 Å². The average Bonchev–Trinajstić information content (AvgIpc) is 2.99. The Morgan fingerprint density at radius 2 is 2.19 bits per heavy atom. The zero-order chi connectivity index (χ0) is 15.1. The standard InChI is InChI=1S/C11H15N5O5/c12-11-14-8-6(9(20)15-11)13-3-16(8)10-7(19)4(1-17)5(2-18)21-10/h3-5,7,10,17-19H,1-2H2,(H3,12,14,15,20)/t4-,5?,7-,10?/m0/s1. The van der Waals surface area contributed by atoms with Crippen molar-refractivity contribution in [1.29, 1.82) is 0 Å². The number of H-pyrrole nitrogens is 1. The highest BCUT2D eigenvalue weighted by Crippen LogP contribution is 2.34. The number of nitrogens with zero attached hydrogens (tertiary/aromatic N) is 3. The lowest BCUT2D eigenvalue weighted by molar-refractivity contribution is -0.0496. The lowest BCUT2D eigenvalue weighted by Gasteiger charge is -2.17. The Labute approximate surface area is 117 Å². The molecule has 6 N–H and O–H groups in total. The van der Waals surface area contributed by atoms with Gasteiger partial charge in [0, 0.05) is 5.92 Å². The average molecular weight is 297 g/mol. The van der Waals surface area contributed by atoms with Crippen LogP contribution in [0.5, 0.6) is 0 Å². The van der Waals surface area contributed by atoms with Gasteiger partial charge in [-0.15, -0.1) is 0 Å². The van der Waals surface area contributed by atoms with Gasteiger partial charge in [-0.1, -0.05) is 0 Å². The van der Waals surface area contributed by atoms with E-state index in [9.17, 15) is 20.1 Å². The van der Waals surface area contributed by atoms with E-state index in [1.165, 1.54) is 10.9 Å². The maximum absolute atomic E-state index is 11.7. The van der Waals surface area contributed by atoms with Gasteiger partial charge in [0.1, 0.15) is 6.10 Å². The normalized spacial score (nSPS) is 29.3. The van der Waals surface area contributed by atoms with E-state index in [2.05, 4.69) is 15.0 Å². The number of hydrogen-bond acceptors (Lipinski definition) is 8. The molecule has 2 aromatic rings. The predicted octanol–water partition coefficient (Wildman–Crippen LogP) is -2.44. The summed E-state index contributed by atoms with van der Waals surface area (Å²) in [4.78, 5) is 21.9. The number of nitrogens with two attached hydrogens (primary N) is 1. The number of anilines is 1. The van der Waals surface area contributed by atoms with Crippen molar-refractivity contribution in [3.63, 3.8) is 0 Å². The zero-order valence-corrected chi connectivity index (χ0v) is 10.9. The Morgan fingerprint density at radius 3 is 2.81 bits per heavy atom. The fraction of sp³-hybridized carbons (Fsp3) is 0.545. The van der Waals surface area contributed by atoms with Gasteiger partial charge in [-0.25, -0.2) is 4.98 Å². The molecule has 0 aromatic carbocycles. The number of ether oxygens (including phenoxy) is 1. The number of nitrogen functional groups attached to an aromatic ring is 1. The van der Waals surface area contributed by atoms with Gasteiger partial charge in [0.15, 0.2) is 17.4 Å². The van der Waals surface area contributed by atoms with Crippen LogP contribution in [0, 0.1) is 5.92 Å². The molecule has 0 saturated carbocycles. The summed E-state index contributed by atoms with van der Waals surface area (Å²) in [5, 5.41) is 28.8. The summed E-state index contributed by atoms with van der Waals surface area (Å²) in [7, 11) is 0. The second kappa shape index (κ2) is 5.07. The number of aliphatic hydroxyl groups excluding tert-OH is 3. The van der Waals surface area contributed by atoms with Gasteiger partial charge in [0.25, 0.3) is 5.56 Å². The minimum atomic E-state index is -1.08. The van der Waals surface area contributed by atoms with Crippen LogP contribution in [-0.4, -0.2) is 60.3 Å². The Bertz CT molecular complexity index is 713. The van der Waals surface area contributed by atoms with Gasteiger partial charge in [0.2, 0.25) is 5.95 Å². The number of rotatable bonds is 3. The first-order valence-corrected chi connectivity index (χ1v) is 6.34. The molecule has 2 aromatic heterocycles. The van der Waals surface area contributed by atoms with Crippen LogP contribution in [0.15, 0.2) is 11.1 Å². The van der Waals surface area contributed by atoms with Crippen molar-refractivity contribution in [3.05, 3.63) is 16.7 Å². The molecule has 1 fully saturated rings. The highest BCUT2D eigenvalue weighted by molar-refractivity contribution is 5.70. The molecule has 21 heavy (non-hydrogen) atoms. The summed E-state index contributed by atoms with van der Waals surface area (Å²) in [6, 6.07) is 0. The third kappa shape index (κ3) is 2.08. The zero-order valence-electron chi connectivity index (χ0n) is 10.9. The highest BCUT2D eigenvalue weighted by Gasteiger charge is 2.44. The van der Waals surface area contributed by atoms with Gasteiger partial charge < -0.3 is 25.8 Å². The van der Waals surface area contributed by atoms with Crippen molar-refractivity contribution in [2.75, 3.05) is 18.9 Å². The summed E-state index contributed by atoms with van der Waals surface area (Å²) in [5.74, 6) is -0.726. The van der Waals surface area contributed by atoms with Crippen molar-refractivity contribution < 1.29 is 20.1 Å². The van der Waals surface area contributed by atoms with E-state index in [-0.39, 0.29) is 30.3 Å². The van der Waals surface area contributed by atoms with Crippen molar-refractivity contribution in [2.24, 2.45) is 5.92 Å². The Balaban J connectivity index is 2.07. The van der Waals surface area contributed by atoms with E-state index < -0.39 is 29.9 Å². The molecule has 10 heteroatoms. The highest BCUT2D eigenvalue weighted by atomic mass is 16.5. The first kappa shape index (κ1) is 13.9. The maximum Gasteiger partial charge on any atom is 0.280 e. The molecule has 0 bridgehead atoms. The second-order valence-corrected chi connectivity index (χ2v) is 4.86. The number of aromatic amines is 1. The van der Waals surface area contributed by atoms with E-state index >= 15 is 0 Å². The topological polar surface area (TPSA) is 160 Å². The third-order valence-electron chi connectivity index (χ3n) is 3.64. The Morgan fingerprint density at radius 1 is 1.43 bits per heavy atom. The number of hydrogen-bond donors (Lipinski definition) is 5. The number of fused-ring (bicyclic) bond motifs is 1. The van der Waals surface area contributed by atoms with Crippen LogP contribution in [0.25, 0.3) is 11.2 Å². The summed E-state index contributed by atoms with van der Waals surface area (Å²) in [6.45, 7) is -0.687. The van der Waals surface area contributed by atoms with Crippen LogP contribution in [0.3, 0.4) is 0 Å². The number of nitrogens with one attached hydrogen (secondary N) is 1. The van der Waals surface area contributed by atoms with Crippen LogP contribution in [0.2, 0.25) is 0 Å². The van der Waals surface area contributed by atoms with Gasteiger partial charge in [-0.2, -0.15) is 4.98 Å². The number of aliphatic hydroxyl groups is 3. The number of imidazole rings is 1. The monoisotopic (exact) mass is 297 g/mol. The van der Waals surface area contributed by atoms with Gasteiger partial charge in [-0.3, -0.25) is 14.3 Å². The van der Waals surface area contributed by atoms with E-state index in [0.29, 0.717) is 0 Å². The molecule has 1 aliphatic heterocycles. The van der Waals surface area contributed by atoms with Crippen LogP contribution in [0.1, 0.15) is 6.23 Å². The maximum atomic E-state index is 11.7. The molecule has 1 aliphatic rings. The molecule has 4 atom stereocenters. The van der Waals surface area contributed by atoms with Crippen molar-refractivity contribution in [3.8, 4) is 0 Å². The predicted molar refractivity (Wildman–Crippen MR) is 70.1 cm³/mol. The Hall–Kier alpha value is -2.01. The summed E-state index contributed by atoms with van der Waals surface area (Å²) in [5.41, 5.74) is 5.23. The van der Waals surface area contributed by atoms with Crippen molar-refractivity contribution >= 4 is 17.1 Å². The van der Waals surface area contributed by atoms with Crippen LogP contribution in [-0.2, 0) is 4.74 Å². The van der Waals surface area contributed by atoms with Crippen LogP contribution in [0.4, 0.5) is 5.95 Å². The minimum absolute atomic E-state index is 0.0630. The molecule has 0 spiro atoms. The first-order chi connectivity index (χ1) is 10.1. The van der Waals surface area contributed by atoms with Crippen LogP contribution < -0.4 is 11.3 Å². The molecule has 2 unspecified atom stereocenters. The lowest BCUT2D eigenvalue weighted by Crippen LogP contribution is -2.30. The van der Waals surface area contributed by atoms with Crippen molar-refractivity contribution in [2.45, 2.75) is 18.4 Å². The molecular weight excluding hydrogens is 282 g/mol. The first-order valence-electron chi connectivity index (χ1n) is 6.34. The minimum Gasteiger partial charge on any atom is -0.396 e. The quantitative estimate of drug-likeness (QED) is 0.417. The largest absolute Gasteiger partial charge is 0.396 e. The lowest BCUT2D eigenvalue weighted by atomic mass is 9.99. The SMILES string of the molecule is Nc1nc2c(ncn2C2OC(CO)[C@H](CO)[C@@H]2O)c(=O)[nH]1. The van der Waals surface area contributed by atoms with Crippen molar-refractivity contribution in [1.82, 2.24) is 19.5 Å². The molecule has 10 nitrogen and oxygen atoms in total. The van der Waals surface area contributed by atoms with E-state index in [4.69, 9.17) is 10.5 Å². The van der Waals surface area contributed by atoms with Gasteiger partial charge in [0.05, 0.1) is 25.6 Å². The number of aromatic nitrogens is 4. The molecule has 0 aliphatic carbocycles. The molecule has 3 rings (SSSR count). The third-order valence-corrected chi connectivity index (χ3v) is 3.64. The molecule has 1 saturated heterocycles. The van der Waals surface area contributed by atoms with Gasteiger partial charge in [-0.05, 0) is 0 Å². The smallest absolute Gasteiger partial charge is 0.280 e. The fourth-order valence-corrected chi connectivity index (χ4v) is 2.56. The summed E-state index contributed by atoms with van der Waals surface area (Å²) in [6.07, 6.45) is -1.41. The summed E-state index contributed by atoms with van der Waals surface area (Å²) < 4.78 is 6.89. The summed E-state index contributed by atoms with van der Waals surface area (Å²) >= 11 is 0. The Kier molecular flexibility index (Phi) is 3.37. The van der Waals surface area contributed by atoms with Gasteiger partial charge >= 0.3 is 0 Å². The molecule has 114 valence electrons. The molecule has 0 amide bonds. The molecular formula is C11H15N5O5. The second-order valence-electron chi connectivity index (χ2n) is 4.86. The fourth-order valence-electron chi connectivity index (χ4n) is 2.56. The molecule has 0 radical (unpaired) electrons. The van der Waals surface area contributed by atoms with E-state index in [0.717, 1.165) is 0 Å². The van der Waals surface area contributed by atoms with E-state index in [1.807, 2.05) is 0 Å². The van der Waals surface area contributed by atoms with E-state index in [1.54, 1.807) is 0 Å². The molecule has 3 heterocycles.